The van der Waals surface area contributed by atoms with E-state index in [0.717, 1.165) is 11.6 Å². The highest BCUT2D eigenvalue weighted by atomic mass is 35.5. The van der Waals surface area contributed by atoms with Crippen molar-refractivity contribution in [3.8, 4) is 22.6 Å². The number of hydrogen-bond acceptors (Lipinski definition) is 4. The van der Waals surface area contributed by atoms with E-state index in [9.17, 15) is 14.0 Å². The smallest absolute Gasteiger partial charge is 0.410 e. The van der Waals surface area contributed by atoms with E-state index in [1.807, 2.05) is 0 Å². The fraction of sp³-hybridized carbons (Fsp3) is 0.308. The standard InChI is InChI=1S/C26H25ClF2N2O4/c1-26(2,3)35-25(33)30-8-7-21-15(14-30)5-6-24(32)31(21)22-13-20(29)19(12-23(22)34-4)16-9-17(27)11-18(28)10-16/h5-6,9-13H,7-8,14H2,1-4H3. The average molecular weight is 503 g/mol. The van der Waals surface area contributed by atoms with Crippen LogP contribution < -0.4 is 10.3 Å². The number of halogens is 3. The summed E-state index contributed by atoms with van der Waals surface area (Å²) in [5, 5.41) is 0.130. The van der Waals surface area contributed by atoms with Crippen LogP contribution >= 0.6 is 11.6 Å². The van der Waals surface area contributed by atoms with Gasteiger partial charge in [-0.2, -0.15) is 0 Å². The lowest BCUT2D eigenvalue weighted by molar-refractivity contribution is 0.0222. The molecule has 0 spiro atoms. The number of aromatic nitrogens is 1. The highest BCUT2D eigenvalue weighted by Crippen LogP contribution is 2.35. The Kier molecular flexibility index (Phi) is 6.60. The van der Waals surface area contributed by atoms with E-state index in [2.05, 4.69) is 0 Å². The average Bonchev–Trinajstić information content (AvgIpc) is 2.76. The summed E-state index contributed by atoms with van der Waals surface area (Å²) < 4.78 is 41.5. The number of methoxy groups -OCH3 is 1. The molecule has 0 N–H and O–H groups in total. The van der Waals surface area contributed by atoms with Crippen LogP contribution in [-0.4, -0.2) is 34.8 Å². The molecule has 0 fully saturated rings. The van der Waals surface area contributed by atoms with Gasteiger partial charge in [0.1, 0.15) is 23.0 Å². The monoisotopic (exact) mass is 502 g/mol. The minimum Gasteiger partial charge on any atom is -0.495 e. The van der Waals surface area contributed by atoms with Crippen molar-refractivity contribution >= 4 is 17.7 Å². The van der Waals surface area contributed by atoms with E-state index in [4.69, 9.17) is 21.1 Å². The molecule has 184 valence electrons. The Bertz CT molecular complexity index is 1340. The van der Waals surface area contributed by atoms with Gasteiger partial charge in [-0.3, -0.25) is 9.36 Å². The number of nitrogens with zero attached hydrogens (tertiary/aromatic N) is 2. The molecule has 1 aliphatic rings. The third-order valence-electron chi connectivity index (χ3n) is 5.60. The molecule has 9 heteroatoms. The highest BCUT2D eigenvalue weighted by molar-refractivity contribution is 6.30. The zero-order chi connectivity index (χ0) is 25.5. The van der Waals surface area contributed by atoms with Crippen LogP contribution in [0.25, 0.3) is 16.8 Å². The Morgan fingerprint density at radius 2 is 1.83 bits per heavy atom. The second-order valence-electron chi connectivity index (χ2n) is 9.29. The number of carbonyl (C=O) groups excluding carboxylic acids is 1. The lowest BCUT2D eigenvalue weighted by Gasteiger charge is -2.32. The quantitative estimate of drug-likeness (QED) is 0.458. The van der Waals surface area contributed by atoms with Crippen LogP contribution in [-0.2, 0) is 17.7 Å². The van der Waals surface area contributed by atoms with Gasteiger partial charge in [-0.25, -0.2) is 13.6 Å². The molecule has 0 saturated heterocycles. The Labute approximate surface area is 206 Å². The van der Waals surface area contributed by atoms with Gasteiger partial charge in [0.05, 0.1) is 19.3 Å². The van der Waals surface area contributed by atoms with E-state index in [1.54, 1.807) is 31.7 Å². The molecule has 0 radical (unpaired) electrons. The predicted molar refractivity (Wildman–Crippen MR) is 129 cm³/mol. The van der Waals surface area contributed by atoms with Crippen molar-refractivity contribution in [2.75, 3.05) is 13.7 Å². The number of ether oxygens (including phenoxy) is 2. The summed E-state index contributed by atoms with van der Waals surface area (Å²) >= 11 is 5.95. The number of carbonyl (C=O) groups is 1. The predicted octanol–water partition coefficient (Wildman–Crippen LogP) is 5.74. The number of hydrogen-bond donors (Lipinski definition) is 0. The van der Waals surface area contributed by atoms with Gasteiger partial charge in [-0.05, 0) is 62.2 Å². The molecule has 0 saturated carbocycles. The van der Waals surface area contributed by atoms with Gasteiger partial charge in [0.25, 0.3) is 5.56 Å². The van der Waals surface area contributed by atoms with Crippen molar-refractivity contribution < 1.29 is 23.0 Å². The van der Waals surface area contributed by atoms with Crippen molar-refractivity contribution in [1.82, 2.24) is 9.47 Å². The van der Waals surface area contributed by atoms with Crippen molar-refractivity contribution in [1.29, 1.82) is 0 Å². The molecule has 4 rings (SSSR count). The molecular weight excluding hydrogens is 478 g/mol. The summed E-state index contributed by atoms with van der Waals surface area (Å²) in [5.41, 5.74) is 0.933. The minimum atomic E-state index is -0.668. The summed E-state index contributed by atoms with van der Waals surface area (Å²) in [6.07, 6.45) is -0.0842. The third-order valence-corrected chi connectivity index (χ3v) is 5.82. The van der Waals surface area contributed by atoms with Crippen molar-refractivity contribution in [3.63, 3.8) is 0 Å². The highest BCUT2D eigenvalue weighted by Gasteiger charge is 2.28. The topological polar surface area (TPSA) is 60.8 Å². The van der Waals surface area contributed by atoms with Gasteiger partial charge in [0, 0.05) is 41.4 Å². The lowest BCUT2D eigenvalue weighted by Crippen LogP contribution is -2.41. The maximum atomic E-state index is 15.3. The first-order chi connectivity index (χ1) is 16.5. The molecule has 1 aliphatic heterocycles. The Hall–Kier alpha value is -3.39. The SMILES string of the molecule is COc1cc(-c2cc(F)cc(Cl)c2)c(F)cc1-n1c2c(ccc1=O)CN(C(=O)OC(C)(C)C)CC2. The third kappa shape index (κ3) is 5.17. The lowest BCUT2D eigenvalue weighted by atomic mass is 10.0. The molecule has 6 nitrogen and oxygen atoms in total. The summed E-state index contributed by atoms with van der Waals surface area (Å²) in [5.74, 6) is -1.04. The van der Waals surface area contributed by atoms with Gasteiger partial charge in [0.15, 0.2) is 0 Å². The molecule has 0 aliphatic carbocycles. The zero-order valence-electron chi connectivity index (χ0n) is 19.8. The second kappa shape index (κ2) is 9.34. The molecular formula is C26H25ClF2N2O4. The second-order valence-corrected chi connectivity index (χ2v) is 9.73. The van der Waals surface area contributed by atoms with Gasteiger partial charge in [0.2, 0.25) is 0 Å². The fourth-order valence-electron chi connectivity index (χ4n) is 4.12. The first-order valence-corrected chi connectivity index (χ1v) is 11.4. The Balaban J connectivity index is 1.77. The maximum absolute atomic E-state index is 15.3. The van der Waals surface area contributed by atoms with Crippen LogP contribution in [0.1, 0.15) is 32.0 Å². The molecule has 0 bridgehead atoms. The minimum absolute atomic E-state index is 0.0842. The molecule has 1 amide bonds. The van der Waals surface area contributed by atoms with Crippen molar-refractivity contribution in [2.24, 2.45) is 0 Å². The summed E-state index contributed by atoms with van der Waals surface area (Å²) in [7, 11) is 1.41. The maximum Gasteiger partial charge on any atom is 0.410 e. The van der Waals surface area contributed by atoms with Gasteiger partial charge < -0.3 is 14.4 Å². The largest absolute Gasteiger partial charge is 0.495 e. The van der Waals surface area contributed by atoms with Crippen LogP contribution in [0, 0.1) is 11.6 Å². The number of benzene rings is 2. The van der Waals surface area contributed by atoms with E-state index in [1.165, 1.54) is 42.0 Å². The van der Waals surface area contributed by atoms with Crippen molar-refractivity contribution in [2.45, 2.75) is 39.3 Å². The Morgan fingerprint density at radius 3 is 2.49 bits per heavy atom. The Morgan fingerprint density at radius 1 is 1.09 bits per heavy atom. The molecule has 35 heavy (non-hydrogen) atoms. The van der Waals surface area contributed by atoms with E-state index >= 15 is 4.39 Å². The van der Waals surface area contributed by atoms with Gasteiger partial charge in [-0.15, -0.1) is 0 Å². The molecule has 0 atom stereocenters. The van der Waals surface area contributed by atoms with E-state index in [-0.39, 0.29) is 39.7 Å². The molecule has 1 aromatic heterocycles. The van der Waals surface area contributed by atoms with Crippen LogP contribution in [0.2, 0.25) is 5.02 Å². The molecule has 2 heterocycles. The molecule has 3 aromatic rings. The normalized spacial score (nSPS) is 13.4. The first kappa shape index (κ1) is 24.7. The molecule has 2 aromatic carbocycles. The summed E-state index contributed by atoms with van der Waals surface area (Å²) in [6, 6.07) is 9.39. The van der Waals surface area contributed by atoms with Gasteiger partial charge in [-0.1, -0.05) is 11.6 Å². The summed E-state index contributed by atoms with van der Waals surface area (Å²) in [6.45, 7) is 5.96. The first-order valence-electron chi connectivity index (χ1n) is 11.0. The van der Waals surface area contributed by atoms with Crippen LogP contribution in [0.15, 0.2) is 47.3 Å². The fourth-order valence-corrected chi connectivity index (χ4v) is 4.34. The van der Waals surface area contributed by atoms with E-state index in [0.29, 0.717) is 18.7 Å². The number of rotatable bonds is 3. The number of pyridine rings is 1. The van der Waals surface area contributed by atoms with Crippen LogP contribution in [0.4, 0.5) is 13.6 Å². The molecule has 0 unspecified atom stereocenters. The number of fused-ring (bicyclic) bond motifs is 1. The van der Waals surface area contributed by atoms with E-state index < -0.39 is 23.3 Å². The van der Waals surface area contributed by atoms with Gasteiger partial charge >= 0.3 is 6.09 Å². The van der Waals surface area contributed by atoms with Crippen LogP contribution in [0.3, 0.4) is 0 Å². The van der Waals surface area contributed by atoms with Crippen LogP contribution in [0.5, 0.6) is 5.75 Å². The zero-order valence-corrected chi connectivity index (χ0v) is 20.6. The van der Waals surface area contributed by atoms with Crippen molar-refractivity contribution in [3.05, 3.63) is 80.7 Å². The number of amides is 1. The summed E-state index contributed by atoms with van der Waals surface area (Å²) in [4.78, 5) is 27.0.